The molecular formula is C127H79N3O6. The predicted octanol–water partition coefficient (Wildman–Crippen LogP) is 37.1. The minimum Gasteiger partial charge on any atom is -0.456 e. The van der Waals surface area contributed by atoms with E-state index in [1.165, 1.54) is 0 Å². The molecule has 0 aliphatic carbocycles. The molecule has 0 fully saturated rings. The molecule has 0 atom stereocenters. The van der Waals surface area contributed by atoms with E-state index in [2.05, 4.69) is 434 Å². The molecule has 27 aromatic rings. The number of hydrogen-bond donors (Lipinski definition) is 0. The fourth-order valence-corrected chi connectivity index (χ4v) is 20.6. The SMILES string of the molecule is Cc1cccc2c1oc1cc(-c3cccc4c3oc3ccc(-c5ccc(N(c6ccc(-c7ccc(N(c8ccc(-c9ccc(N(c%10ccc(-c%11ccc%12oc%13ccccc%13c%12c%11)cc%10)c%10ccc(-c%11cccc%12c%11oc%11ccccc%11%12)cc%10)cc9)cc8)c8ccc(-c9ccc%10c(c9)oc9ccccc9%10)cc8)cc7)cc6)c6ccc(-c7cccc8c7oc7ccccc78)cc6)cc5)cc34)ccc12. The van der Waals surface area contributed by atoms with Crippen molar-refractivity contribution in [3.8, 4) is 89.0 Å². The van der Waals surface area contributed by atoms with Gasteiger partial charge in [0, 0.05) is 133 Å². The maximum atomic E-state index is 6.78. The maximum absolute atomic E-state index is 6.78. The van der Waals surface area contributed by atoms with E-state index in [-0.39, 0.29) is 0 Å². The number of para-hydroxylation sites is 8. The second-order valence-corrected chi connectivity index (χ2v) is 35.4. The van der Waals surface area contributed by atoms with Crippen LogP contribution in [0.3, 0.4) is 0 Å². The lowest BCUT2D eigenvalue weighted by Gasteiger charge is -2.27. The van der Waals surface area contributed by atoms with Gasteiger partial charge in [0.25, 0.3) is 0 Å². The molecule has 136 heavy (non-hydrogen) atoms. The Balaban J connectivity index is 0.507. The molecule has 27 rings (SSSR count). The summed E-state index contributed by atoms with van der Waals surface area (Å²) in [6.07, 6.45) is 0. The van der Waals surface area contributed by atoms with Crippen LogP contribution in [0.25, 0.3) is 221 Å². The minimum atomic E-state index is 0.835. The third-order valence-corrected chi connectivity index (χ3v) is 27.5. The van der Waals surface area contributed by atoms with Crippen molar-refractivity contribution in [2.45, 2.75) is 6.92 Å². The summed E-state index contributed by atoms with van der Waals surface area (Å²) in [5, 5.41) is 13.2. The summed E-state index contributed by atoms with van der Waals surface area (Å²) in [7, 11) is 0. The average Bonchev–Trinajstić information content (AvgIpc) is 1.62. The van der Waals surface area contributed by atoms with Crippen LogP contribution in [0.5, 0.6) is 0 Å². The summed E-state index contributed by atoms with van der Waals surface area (Å²) in [5.41, 5.74) is 38.0. The molecule has 0 unspecified atom stereocenters. The lowest BCUT2D eigenvalue weighted by molar-refractivity contribution is 0.665. The zero-order valence-electron chi connectivity index (χ0n) is 73.7. The number of benzene rings is 21. The molecule has 638 valence electrons. The van der Waals surface area contributed by atoms with Crippen LogP contribution < -0.4 is 14.7 Å². The van der Waals surface area contributed by atoms with E-state index >= 15 is 0 Å². The fraction of sp³-hybridized carbons (Fsp3) is 0.00787. The highest BCUT2D eigenvalue weighted by Crippen LogP contribution is 2.49. The van der Waals surface area contributed by atoms with Crippen molar-refractivity contribution in [3.05, 3.63) is 467 Å². The van der Waals surface area contributed by atoms with Crippen molar-refractivity contribution in [3.63, 3.8) is 0 Å². The lowest BCUT2D eigenvalue weighted by Crippen LogP contribution is -2.10. The molecule has 0 bridgehead atoms. The van der Waals surface area contributed by atoms with Gasteiger partial charge in [0.05, 0.1) is 0 Å². The fourth-order valence-electron chi connectivity index (χ4n) is 20.6. The van der Waals surface area contributed by atoms with Crippen LogP contribution in [0.15, 0.2) is 488 Å². The Labute approximate surface area is 781 Å². The normalized spacial score (nSPS) is 11.9. The molecule has 0 spiro atoms. The number of aryl methyl sites for hydroxylation is 1. The van der Waals surface area contributed by atoms with Crippen molar-refractivity contribution in [2.75, 3.05) is 14.7 Å². The largest absolute Gasteiger partial charge is 0.456 e. The van der Waals surface area contributed by atoms with E-state index < -0.39 is 0 Å². The first-order valence-corrected chi connectivity index (χ1v) is 46.1. The van der Waals surface area contributed by atoms with E-state index in [1.54, 1.807) is 0 Å². The van der Waals surface area contributed by atoms with Crippen LogP contribution in [0.4, 0.5) is 51.2 Å². The van der Waals surface area contributed by atoms with Gasteiger partial charge in [0.15, 0.2) is 0 Å². The molecule has 0 saturated heterocycles. The van der Waals surface area contributed by atoms with Gasteiger partial charge < -0.3 is 41.2 Å². The summed E-state index contributed by atoms with van der Waals surface area (Å²) in [6.45, 7) is 2.10. The maximum Gasteiger partial charge on any atom is 0.143 e. The van der Waals surface area contributed by atoms with Gasteiger partial charge in [-0.1, -0.05) is 279 Å². The van der Waals surface area contributed by atoms with Crippen molar-refractivity contribution >= 4 is 183 Å². The molecule has 0 N–H and O–H groups in total. The van der Waals surface area contributed by atoms with Gasteiger partial charge in [-0.2, -0.15) is 0 Å². The molecule has 21 aromatic carbocycles. The third kappa shape index (κ3) is 13.2. The molecular weight excluding hydrogens is 1660 g/mol. The van der Waals surface area contributed by atoms with E-state index in [0.29, 0.717) is 0 Å². The first-order chi connectivity index (χ1) is 67.2. The summed E-state index contributed by atoms with van der Waals surface area (Å²) in [4.78, 5) is 7.03. The van der Waals surface area contributed by atoms with Crippen molar-refractivity contribution in [1.82, 2.24) is 0 Å². The number of fused-ring (bicyclic) bond motifs is 18. The highest BCUT2D eigenvalue weighted by molar-refractivity contribution is 6.15. The summed E-state index contributed by atoms with van der Waals surface area (Å²) >= 11 is 0. The molecule has 9 heteroatoms. The van der Waals surface area contributed by atoms with Crippen molar-refractivity contribution in [1.29, 1.82) is 0 Å². The topological polar surface area (TPSA) is 88.6 Å². The van der Waals surface area contributed by atoms with Crippen LogP contribution in [-0.4, -0.2) is 0 Å². The molecule has 9 nitrogen and oxygen atoms in total. The Morgan fingerprint density at radius 2 is 0.346 bits per heavy atom. The second kappa shape index (κ2) is 31.6. The first kappa shape index (κ1) is 77.7. The quantitative estimate of drug-likeness (QED) is 0.0884. The third-order valence-electron chi connectivity index (χ3n) is 27.5. The van der Waals surface area contributed by atoms with Gasteiger partial charge in [-0.3, -0.25) is 0 Å². The molecule has 6 aromatic heterocycles. The van der Waals surface area contributed by atoms with Crippen molar-refractivity contribution in [2.24, 2.45) is 0 Å². The Morgan fingerprint density at radius 3 is 0.735 bits per heavy atom. The van der Waals surface area contributed by atoms with Crippen LogP contribution in [0, 0.1) is 6.92 Å². The monoisotopic (exact) mass is 1740 g/mol. The number of furan rings is 6. The number of anilines is 9. The van der Waals surface area contributed by atoms with Crippen LogP contribution in [0.2, 0.25) is 0 Å². The second-order valence-electron chi connectivity index (χ2n) is 35.4. The predicted molar refractivity (Wildman–Crippen MR) is 562 cm³/mol. The molecule has 0 aliphatic rings. The zero-order chi connectivity index (χ0) is 89.6. The lowest BCUT2D eigenvalue weighted by atomic mass is 9.99. The van der Waals surface area contributed by atoms with Gasteiger partial charge >= 0.3 is 0 Å². The van der Waals surface area contributed by atoms with Crippen molar-refractivity contribution < 1.29 is 26.5 Å². The summed E-state index contributed by atoms with van der Waals surface area (Å²) in [6, 6.07) is 165. The average molecular weight is 1740 g/mol. The molecule has 0 saturated carbocycles. The zero-order valence-corrected chi connectivity index (χ0v) is 73.7. The van der Waals surface area contributed by atoms with Crippen LogP contribution >= 0.6 is 0 Å². The molecule has 0 aliphatic heterocycles. The minimum absolute atomic E-state index is 0.835. The van der Waals surface area contributed by atoms with Gasteiger partial charge in [-0.25, -0.2) is 0 Å². The Kier molecular flexibility index (Phi) is 18.0. The Hall–Kier alpha value is -18.2. The highest BCUT2D eigenvalue weighted by atomic mass is 16.3. The molecule has 0 amide bonds. The molecule has 0 radical (unpaired) electrons. The first-order valence-electron chi connectivity index (χ1n) is 46.1. The van der Waals surface area contributed by atoms with Crippen LogP contribution in [-0.2, 0) is 0 Å². The van der Waals surface area contributed by atoms with Gasteiger partial charge in [-0.15, -0.1) is 0 Å². The summed E-state index contributed by atoms with van der Waals surface area (Å²) < 4.78 is 39.1. The van der Waals surface area contributed by atoms with Gasteiger partial charge in [-0.05, 0) is 267 Å². The van der Waals surface area contributed by atoms with Crippen LogP contribution in [0.1, 0.15) is 5.56 Å². The number of hydrogen-bond acceptors (Lipinski definition) is 9. The highest BCUT2D eigenvalue weighted by Gasteiger charge is 2.25. The van der Waals surface area contributed by atoms with Gasteiger partial charge in [0.2, 0.25) is 0 Å². The number of rotatable bonds is 17. The Bertz CT molecular complexity index is 9370. The molecule has 6 heterocycles. The van der Waals surface area contributed by atoms with E-state index in [9.17, 15) is 0 Å². The van der Waals surface area contributed by atoms with Gasteiger partial charge in [0.1, 0.15) is 67.0 Å². The smallest absolute Gasteiger partial charge is 0.143 e. The van der Waals surface area contributed by atoms with E-state index in [4.69, 9.17) is 26.5 Å². The van der Waals surface area contributed by atoms with E-state index in [0.717, 1.165) is 277 Å². The summed E-state index contributed by atoms with van der Waals surface area (Å²) in [5.74, 6) is 0. The number of nitrogens with zero attached hydrogens (tertiary/aromatic N) is 3. The van der Waals surface area contributed by atoms with E-state index in [1.807, 2.05) is 48.5 Å². The Morgan fingerprint density at radius 1 is 0.132 bits per heavy atom. The standard InChI is InChI=1S/C127H79N3O6/c1-78-14-10-22-110-109-71-49-91(77-123(109)136-124(78)110)103-21-13-25-113-115-75-89(51-73-121(115)135-127(103)113)84-40-62-97(63-41-84)130(100-68-46-87(47-69-100)102-20-12-24-112-106-17-4-9-29-119(106)134-126(102)112)95-58-36-82(37-59-95)80-32-54-93(55-33-80)128(98-64-42-85(43-65-98)90-48-70-108-104-15-2-6-26-116(104)132-122(108)76-90)92-52-30-79(31-53-92)81-34-56-94(57-35-81)129(96-60-38-83(39-61-96)88-50-72-120-114(74-88)107-18-5-7-27-117(107)131-120)99-66-44-86(45-67-99)101-19-11-23-111-105-16-3-8-28-118(105)133-125(101)111/h2-77H,1H3.